The van der Waals surface area contributed by atoms with Gasteiger partial charge in [-0.3, -0.25) is 4.79 Å². The molecule has 0 bridgehead atoms. The Balaban J connectivity index is 1.53. The van der Waals surface area contributed by atoms with E-state index >= 15 is 0 Å². The lowest BCUT2D eigenvalue weighted by atomic mass is 9.88. The van der Waals surface area contributed by atoms with Gasteiger partial charge in [0.15, 0.2) is 0 Å². The van der Waals surface area contributed by atoms with E-state index in [0.717, 1.165) is 35.9 Å². The summed E-state index contributed by atoms with van der Waals surface area (Å²) in [6, 6.07) is 5.84. The Morgan fingerprint density at radius 2 is 1.90 bits per heavy atom. The summed E-state index contributed by atoms with van der Waals surface area (Å²) in [6.45, 7) is 0.648. The van der Waals surface area contributed by atoms with Crippen molar-refractivity contribution in [1.29, 1.82) is 0 Å². The van der Waals surface area contributed by atoms with E-state index in [-0.39, 0.29) is 17.5 Å². The van der Waals surface area contributed by atoms with Gasteiger partial charge in [0.1, 0.15) is 0 Å². The van der Waals surface area contributed by atoms with Gasteiger partial charge in [0.25, 0.3) is 0 Å². The molecule has 0 unspecified atom stereocenters. The Morgan fingerprint density at radius 1 is 1.14 bits per heavy atom. The molecule has 3 N–H and O–H groups in total. The first kappa shape index (κ1) is 13.9. The van der Waals surface area contributed by atoms with Crippen LogP contribution in [0.25, 0.3) is 11.0 Å². The molecule has 0 saturated heterocycles. The minimum Gasteiger partial charge on any atom is -0.356 e. The molecular formula is C16H21N3O2. The number of imidazole rings is 1. The van der Waals surface area contributed by atoms with Crippen molar-refractivity contribution in [3.05, 3.63) is 34.2 Å². The van der Waals surface area contributed by atoms with Crippen LogP contribution in [0, 0.1) is 5.92 Å². The Bertz CT molecular complexity index is 680. The minimum absolute atomic E-state index is 0.187. The van der Waals surface area contributed by atoms with E-state index in [4.69, 9.17) is 0 Å². The predicted octanol–water partition coefficient (Wildman–Crippen LogP) is 2.10. The number of H-pyrrole nitrogens is 2. The van der Waals surface area contributed by atoms with Gasteiger partial charge in [-0.15, -0.1) is 0 Å². The van der Waals surface area contributed by atoms with E-state index in [9.17, 15) is 9.59 Å². The van der Waals surface area contributed by atoms with Crippen molar-refractivity contribution in [2.75, 3.05) is 6.54 Å². The molecule has 0 atom stereocenters. The van der Waals surface area contributed by atoms with Gasteiger partial charge in [-0.2, -0.15) is 0 Å². The molecule has 0 radical (unpaired) electrons. The lowest BCUT2D eigenvalue weighted by Gasteiger charge is -2.20. The number of hydrogen-bond donors (Lipinski definition) is 3. The smallest absolute Gasteiger partial charge is 0.323 e. The molecule has 1 aliphatic rings. The third-order valence-electron chi connectivity index (χ3n) is 4.27. The van der Waals surface area contributed by atoms with Crippen molar-refractivity contribution >= 4 is 16.9 Å². The Morgan fingerprint density at radius 3 is 2.71 bits per heavy atom. The lowest BCUT2D eigenvalue weighted by Crippen LogP contribution is -2.33. The van der Waals surface area contributed by atoms with E-state index < -0.39 is 0 Å². The van der Waals surface area contributed by atoms with Gasteiger partial charge in [0.05, 0.1) is 11.0 Å². The molecule has 1 aliphatic carbocycles. The summed E-state index contributed by atoms with van der Waals surface area (Å²) >= 11 is 0. The quantitative estimate of drug-likeness (QED) is 0.805. The summed E-state index contributed by atoms with van der Waals surface area (Å²) in [7, 11) is 0. The summed E-state index contributed by atoms with van der Waals surface area (Å²) in [6.07, 6.45) is 6.45. The highest BCUT2D eigenvalue weighted by Gasteiger charge is 2.20. The summed E-state index contributed by atoms with van der Waals surface area (Å²) in [5.41, 5.74) is 2.56. The van der Waals surface area contributed by atoms with Crippen LogP contribution in [0.2, 0.25) is 0 Å². The van der Waals surface area contributed by atoms with Gasteiger partial charge in [0, 0.05) is 12.5 Å². The molecule has 1 amide bonds. The second kappa shape index (κ2) is 6.16. The zero-order chi connectivity index (χ0) is 14.7. The molecule has 2 aromatic rings. The molecule has 112 valence electrons. The molecule has 1 aromatic carbocycles. The number of rotatable bonds is 4. The maximum atomic E-state index is 12.0. The molecule has 3 rings (SSSR count). The monoisotopic (exact) mass is 287 g/mol. The fourth-order valence-electron chi connectivity index (χ4n) is 3.07. The molecule has 1 heterocycles. The number of hydrogen-bond acceptors (Lipinski definition) is 2. The fourth-order valence-corrected chi connectivity index (χ4v) is 3.07. The van der Waals surface area contributed by atoms with Gasteiger partial charge in [0.2, 0.25) is 5.91 Å². The van der Waals surface area contributed by atoms with Crippen LogP contribution in [0.1, 0.15) is 37.7 Å². The number of carbonyl (C=O) groups excluding carboxylic acids is 1. The molecule has 21 heavy (non-hydrogen) atoms. The second-order valence-electron chi connectivity index (χ2n) is 5.84. The zero-order valence-corrected chi connectivity index (χ0v) is 12.1. The zero-order valence-electron chi connectivity index (χ0n) is 12.1. The number of carbonyl (C=O) groups is 1. The second-order valence-corrected chi connectivity index (χ2v) is 5.84. The third-order valence-corrected chi connectivity index (χ3v) is 4.27. The molecule has 0 aliphatic heterocycles. The molecule has 5 heteroatoms. The highest BCUT2D eigenvalue weighted by Crippen LogP contribution is 2.23. The van der Waals surface area contributed by atoms with Crippen LogP contribution in [-0.4, -0.2) is 22.4 Å². The van der Waals surface area contributed by atoms with Crippen molar-refractivity contribution in [2.24, 2.45) is 5.92 Å². The van der Waals surface area contributed by atoms with Crippen molar-refractivity contribution < 1.29 is 4.79 Å². The molecular weight excluding hydrogens is 266 g/mol. The van der Waals surface area contributed by atoms with Gasteiger partial charge < -0.3 is 15.3 Å². The molecule has 1 aromatic heterocycles. The highest BCUT2D eigenvalue weighted by atomic mass is 16.2. The van der Waals surface area contributed by atoms with Gasteiger partial charge >= 0.3 is 5.69 Å². The first-order valence-electron chi connectivity index (χ1n) is 7.71. The highest BCUT2D eigenvalue weighted by molar-refractivity contribution is 5.78. The maximum absolute atomic E-state index is 12.0. The average Bonchev–Trinajstić information content (AvgIpc) is 2.87. The third kappa shape index (κ3) is 3.35. The van der Waals surface area contributed by atoms with E-state index in [1.165, 1.54) is 19.3 Å². The Kier molecular flexibility index (Phi) is 4.08. The molecule has 5 nitrogen and oxygen atoms in total. The minimum atomic E-state index is -0.187. The first-order chi connectivity index (χ1) is 10.2. The van der Waals surface area contributed by atoms with Crippen molar-refractivity contribution in [3.63, 3.8) is 0 Å². The molecule has 1 fully saturated rings. The standard InChI is InChI=1S/C16H21N3O2/c20-15(12-4-2-1-3-5-12)17-9-8-11-6-7-13-14(10-11)19-16(21)18-13/h6-7,10,12H,1-5,8-9H2,(H,17,20)(H2,18,19,21). The van der Waals surface area contributed by atoms with Gasteiger partial charge in [-0.25, -0.2) is 4.79 Å². The average molecular weight is 287 g/mol. The van der Waals surface area contributed by atoms with Crippen LogP contribution in [0.5, 0.6) is 0 Å². The van der Waals surface area contributed by atoms with Crippen molar-refractivity contribution in [3.8, 4) is 0 Å². The Hall–Kier alpha value is -2.04. The normalized spacial score (nSPS) is 16.2. The first-order valence-corrected chi connectivity index (χ1v) is 7.71. The summed E-state index contributed by atoms with van der Waals surface area (Å²) in [4.78, 5) is 28.7. The lowest BCUT2D eigenvalue weighted by molar-refractivity contribution is -0.125. The van der Waals surface area contributed by atoms with Crippen LogP contribution in [-0.2, 0) is 11.2 Å². The SMILES string of the molecule is O=C(NCCc1ccc2[nH]c(=O)[nH]c2c1)C1CCCCC1. The number of amides is 1. The van der Waals surface area contributed by atoms with Crippen LogP contribution < -0.4 is 11.0 Å². The Labute approximate surface area is 123 Å². The fraction of sp³-hybridized carbons (Fsp3) is 0.500. The van der Waals surface area contributed by atoms with Crippen LogP contribution in [0.4, 0.5) is 0 Å². The predicted molar refractivity (Wildman–Crippen MR) is 82.2 cm³/mol. The van der Waals surface area contributed by atoms with Crippen LogP contribution >= 0.6 is 0 Å². The largest absolute Gasteiger partial charge is 0.356 e. The van der Waals surface area contributed by atoms with E-state index in [1.807, 2.05) is 18.2 Å². The van der Waals surface area contributed by atoms with Crippen molar-refractivity contribution in [1.82, 2.24) is 15.3 Å². The maximum Gasteiger partial charge on any atom is 0.323 e. The van der Waals surface area contributed by atoms with Crippen LogP contribution in [0.15, 0.2) is 23.0 Å². The number of benzene rings is 1. The van der Waals surface area contributed by atoms with Gasteiger partial charge in [-0.1, -0.05) is 25.3 Å². The number of fused-ring (bicyclic) bond motifs is 1. The van der Waals surface area contributed by atoms with Gasteiger partial charge in [-0.05, 0) is 37.0 Å². The number of nitrogens with one attached hydrogen (secondary N) is 3. The molecule has 1 saturated carbocycles. The van der Waals surface area contributed by atoms with E-state index in [1.54, 1.807) is 0 Å². The van der Waals surface area contributed by atoms with Crippen LogP contribution in [0.3, 0.4) is 0 Å². The number of aromatic amines is 2. The molecule has 0 spiro atoms. The van der Waals surface area contributed by atoms with E-state index in [0.29, 0.717) is 6.54 Å². The summed E-state index contributed by atoms with van der Waals surface area (Å²) in [5, 5.41) is 3.04. The summed E-state index contributed by atoms with van der Waals surface area (Å²) in [5.74, 6) is 0.410. The van der Waals surface area contributed by atoms with E-state index in [2.05, 4.69) is 15.3 Å². The number of aromatic nitrogens is 2. The van der Waals surface area contributed by atoms with Crippen molar-refractivity contribution in [2.45, 2.75) is 38.5 Å². The topological polar surface area (TPSA) is 77.8 Å². The summed E-state index contributed by atoms with van der Waals surface area (Å²) < 4.78 is 0.